The second kappa shape index (κ2) is 5.44. The number of anilines is 1. The van der Waals surface area contributed by atoms with Crippen molar-refractivity contribution in [3.63, 3.8) is 0 Å². The van der Waals surface area contributed by atoms with Crippen molar-refractivity contribution in [3.8, 4) is 5.75 Å². The van der Waals surface area contributed by atoms with Crippen molar-refractivity contribution >= 4 is 5.69 Å². The molecule has 0 fully saturated rings. The number of hydrogen-bond acceptors (Lipinski definition) is 2. The third-order valence-electron chi connectivity index (χ3n) is 4.01. The van der Waals surface area contributed by atoms with Crippen molar-refractivity contribution in [2.45, 2.75) is 45.8 Å². The van der Waals surface area contributed by atoms with Gasteiger partial charge in [-0.05, 0) is 49.1 Å². The molecule has 0 atom stereocenters. The standard InChI is InChI=1S/C19H23NO/c1-4-15-7-5-6-8-17(15)20-13-14-9-10-18-16(11-14)12-19(2,3)21-18/h5-11,20H,4,12-13H2,1-3H3. The summed E-state index contributed by atoms with van der Waals surface area (Å²) in [6.45, 7) is 7.32. The Labute approximate surface area is 127 Å². The van der Waals surface area contributed by atoms with Gasteiger partial charge in [0, 0.05) is 18.7 Å². The van der Waals surface area contributed by atoms with Crippen LogP contribution in [-0.2, 0) is 19.4 Å². The summed E-state index contributed by atoms with van der Waals surface area (Å²) in [5, 5.41) is 3.55. The zero-order chi connectivity index (χ0) is 14.9. The largest absolute Gasteiger partial charge is 0.487 e. The number of para-hydroxylation sites is 1. The monoisotopic (exact) mass is 281 g/mol. The van der Waals surface area contributed by atoms with Gasteiger partial charge in [0.25, 0.3) is 0 Å². The molecule has 1 heterocycles. The van der Waals surface area contributed by atoms with E-state index in [0.717, 1.165) is 25.1 Å². The minimum Gasteiger partial charge on any atom is -0.487 e. The average Bonchev–Trinajstić information content (AvgIpc) is 2.78. The summed E-state index contributed by atoms with van der Waals surface area (Å²) in [5.74, 6) is 1.04. The maximum atomic E-state index is 5.93. The van der Waals surface area contributed by atoms with Crippen molar-refractivity contribution in [2.24, 2.45) is 0 Å². The smallest absolute Gasteiger partial charge is 0.123 e. The van der Waals surface area contributed by atoms with Crippen LogP contribution in [0.25, 0.3) is 0 Å². The molecule has 0 amide bonds. The SMILES string of the molecule is CCc1ccccc1NCc1ccc2c(c1)CC(C)(C)O2. The Kier molecular flexibility index (Phi) is 3.62. The Balaban J connectivity index is 1.72. The Morgan fingerprint density at radius 3 is 2.76 bits per heavy atom. The average molecular weight is 281 g/mol. The molecule has 0 bridgehead atoms. The molecule has 1 aliphatic heterocycles. The molecule has 2 aromatic carbocycles. The molecular formula is C19H23NO. The van der Waals surface area contributed by atoms with Crippen molar-refractivity contribution < 1.29 is 4.74 Å². The lowest BCUT2D eigenvalue weighted by Gasteiger charge is -2.16. The molecule has 1 aliphatic rings. The predicted octanol–water partition coefficient (Wildman–Crippen LogP) is 4.57. The lowest BCUT2D eigenvalue weighted by molar-refractivity contribution is 0.138. The first-order chi connectivity index (χ1) is 10.1. The van der Waals surface area contributed by atoms with Crippen LogP contribution in [-0.4, -0.2) is 5.60 Å². The number of aryl methyl sites for hydroxylation is 1. The van der Waals surface area contributed by atoms with Crippen LogP contribution in [0.3, 0.4) is 0 Å². The van der Waals surface area contributed by atoms with E-state index in [1.165, 1.54) is 22.4 Å². The molecule has 3 rings (SSSR count). The van der Waals surface area contributed by atoms with Crippen molar-refractivity contribution in [1.82, 2.24) is 0 Å². The topological polar surface area (TPSA) is 21.3 Å². The molecule has 0 saturated carbocycles. The number of rotatable bonds is 4. The lowest BCUT2D eigenvalue weighted by Crippen LogP contribution is -2.24. The molecule has 0 aromatic heterocycles. The minimum absolute atomic E-state index is 0.0663. The van der Waals surface area contributed by atoms with Gasteiger partial charge in [-0.25, -0.2) is 0 Å². The van der Waals surface area contributed by atoms with Gasteiger partial charge in [0.05, 0.1) is 0 Å². The van der Waals surface area contributed by atoms with E-state index in [2.05, 4.69) is 68.6 Å². The van der Waals surface area contributed by atoms with Crippen LogP contribution in [0.1, 0.15) is 37.5 Å². The first-order valence-electron chi connectivity index (χ1n) is 7.70. The van der Waals surface area contributed by atoms with E-state index < -0.39 is 0 Å². The van der Waals surface area contributed by atoms with Gasteiger partial charge in [0.15, 0.2) is 0 Å². The summed E-state index contributed by atoms with van der Waals surface area (Å²) in [7, 11) is 0. The fourth-order valence-corrected chi connectivity index (χ4v) is 2.97. The third-order valence-corrected chi connectivity index (χ3v) is 4.01. The van der Waals surface area contributed by atoms with E-state index in [-0.39, 0.29) is 5.60 Å². The van der Waals surface area contributed by atoms with Crippen LogP contribution < -0.4 is 10.1 Å². The maximum Gasteiger partial charge on any atom is 0.123 e. The van der Waals surface area contributed by atoms with E-state index in [1.807, 2.05) is 0 Å². The molecule has 0 aliphatic carbocycles. The summed E-state index contributed by atoms with van der Waals surface area (Å²) in [6.07, 6.45) is 2.04. The Hall–Kier alpha value is -1.96. The lowest BCUT2D eigenvalue weighted by atomic mass is 10.00. The van der Waals surface area contributed by atoms with Crippen LogP contribution in [0, 0.1) is 0 Å². The quantitative estimate of drug-likeness (QED) is 0.886. The summed E-state index contributed by atoms with van der Waals surface area (Å²) >= 11 is 0. The minimum atomic E-state index is -0.0663. The van der Waals surface area contributed by atoms with E-state index in [1.54, 1.807) is 0 Å². The van der Waals surface area contributed by atoms with E-state index in [4.69, 9.17) is 4.74 Å². The van der Waals surface area contributed by atoms with Gasteiger partial charge in [-0.1, -0.05) is 37.3 Å². The van der Waals surface area contributed by atoms with E-state index in [0.29, 0.717) is 0 Å². The second-order valence-corrected chi connectivity index (χ2v) is 6.34. The highest BCUT2D eigenvalue weighted by molar-refractivity contribution is 5.52. The molecular weight excluding hydrogens is 258 g/mol. The highest BCUT2D eigenvalue weighted by atomic mass is 16.5. The van der Waals surface area contributed by atoms with Gasteiger partial charge in [0.2, 0.25) is 0 Å². The predicted molar refractivity (Wildman–Crippen MR) is 88.0 cm³/mol. The molecule has 2 nitrogen and oxygen atoms in total. The number of hydrogen-bond donors (Lipinski definition) is 1. The maximum absolute atomic E-state index is 5.93. The zero-order valence-electron chi connectivity index (χ0n) is 13.1. The highest BCUT2D eigenvalue weighted by Crippen LogP contribution is 2.35. The van der Waals surface area contributed by atoms with Gasteiger partial charge in [-0.3, -0.25) is 0 Å². The fraction of sp³-hybridized carbons (Fsp3) is 0.368. The molecule has 2 aromatic rings. The van der Waals surface area contributed by atoms with Crippen LogP contribution in [0.2, 0.25) is 0 Å². The second-order valence-electron chi connectivity index (χ2n) is 6.34. The number of benzene rings is 2. The van der Waals surface area contributed by atoms with E-state index in [9.17, 15) is 0 Å². The van der Waals surface area contributed by atoms with E-state index >= 15 is 0 Å². The van der Waals surface area contributed by atoms with Gasteiger partial charge in [-0.15, -0.1) is 0 Å². The number of fused-ring (bicyclic) bond motifs is 1. The van der Waals surface area contributed by atoms with Crippen LogP contribution in [0.15, 0.2) is 42.5 Å². The van der Waals surface area contributed by atoms with Crippen molar-refractivity contribution in [1.29, 1.82) is 0 Å². The molecule has 0 unspecified atom stereocenters. The third kappa shape index (κ3) is 3.05. The summed E-state index contributed by atoms with van der Waals surface area (Å²) < 4.78 is 5.93. The number of ether oxygens (including phenoxy) is 1. The van der Waals surface area contributed by atoms with Gasteiger partial charge >= 0.3 is 0 Å². The van der Waals surface area contributed by atoms with Gasteiger partial charge in [-0.2, -0.15) is 0 Å². The van der Waals surface area contributed by atoms with Crippen LogP contribution >= 0.6 is 0 Å². The van der Waals surface area contributed by atoms with Crippen molar-refractivity contribution in [3.05, 3.63) is 59.2 Å². The van der Waals surface area contributed by atoms with Crippen LogP contribution in [0.5, 0.6) is 5.75 Å². The summed E-state index contributed by atoms with van der Waals surface area (Å²) in [4.78, 5) is 0. The zero-order valence-corrected chi connectivity index (χ0v) is 13.1. The van der Waals surface area contributed by atoms with Gasteiger partial charge < -0.3 is 10.1 Å². The summed E-state index contributed by atoms with van der Waals surface area (Å²) in [6, 6.07) is 15.0. The highest BCUT2D eigenvalue weighted by Gasteiger charge is 2.29. The first-order valence-corrected chi connectivity index (χ1v) is 7.70. The molecule has 0 spiro atoms. The summed E-state index contributed by atoms with van der Waals surface area (Å²) in [5.41, 5.74) is 5.16. The fourth-order valence-electron chi connectivity index (χ4n) is 2.97. The molecule has 0 radical (unpaired) electrons. The Morgan fingerprint density at radius 2 is 1.95 bits per heavy atom. The molecule has 1 N–H and O–H groups in total. The first kappa shape index (κ1) is 14.0. The molecule has 110 valence electrons. The molecule has 0 saturated heterocycles. The molecule has 2 heteroatoms. The van der Waals surface area contributed by atoms with Gasteiger partial charge in [0.1, 0.15) is 11.4 Å². The Bertz CT molecular complexity index is 646. The number of nitrogens with one attached hydrogen (secondary N) is 1. The normalized spacial score (nSPS) is 15.4. The molecule has 21 heavy (non-hydrogen) atoms. The van der Waals surface area contributed by atoms with Crippen LogP contribution in [0.4, 0.5) is 5.69 Å². The van der Waals surface area contributed by atoms with Crippen molar-refractivity contribution in [2.75, 3.05) is 5.32 Å². The Morgan fingerprint density at radius 1 is 1.14 bits per heavy atom.